The highest BCUT2D eigenvalue weighted by atomic mass is 79.9. The normalized spacial score (nSPS) is 12.9. The molecular formula is C8H10Br2N2O. The summed E-state index contributed by atoms with van der Waals surface area (Å²) in [6, 6.07) is 1.67. The lowest BCUT2D eigenvalue weighted by Gasteiger charge is -2.10. The van der Waals surface area contributed by atoms with Crippen LogP contribution in [0.3, 0.4) is 0 Å². The molecule has 0 aliphatic rings. The van der Waals surface area contributed by atoms with Gasteiger partial charge in [-0.05, 0) is 44.3 Å². The quantitative estimate of drug-likeness (QED) is 0.897. The first-order chi connectivity index (χ1) is 6.15. The van der Waals surface area contributed by atoms with E-state index in [0.717, 1.165) is 14.6 Å². The van der Waals surface area contributed by atoms with E-state index in [2.05, 4.69) is 36.8 Å². The molecule has 1 heterocycles. The summed E-state index contributed by atoms with van der Waals surface area (Å²) < 4.78 is 1.77. The van der Waals surface area contributed by atoms with Crippen LogP contribution in [-0.2, 0) is 0 Å². The van der Waals surface area contributed by atoms with Crippen molar-refractivity contribution in [3.05, 3.63) is 26.9 Å². The Kier molecular flexibility index (Phi) is 4.31. The molecule has 0 aromatic carbocycles. The monoisotopic (exact) mass is 308 g/mol. The summed E-state index contributed by atoms with van der Waals surface area (Å²) in [5.41, 5.74) is 6.56. The van der Waals surface area contributed by atoms with Gasteiger partial charge in [-0.1, -0.05) is 0 Å². The summed E-state index contributed by atoms with van der Waals surface area (Å²) in [6.45, 7) is 0.0748. The van der Waals surface area contributed by atoms with Gasteiger partial charge >= 0.3 is 0 Å². The fourth-order valence-corrected chi connectivity index (χ4v) is 2.26. The van der Waals surface area contributed by atoms with E-state index >= 15 is 0 Å². The molecule has 0 saturated carbocycles. The van der Waals surface area contributed by atoms with Crippen molar-refractivity contribution < 1.29 is 5.11 Å². The van der Waals surface area contributed by atoms with Crippen LogP contribution in [0.4, 0.5) is 0 Å². The average Bonchev–Trinajstić information content (AvgIpc) is 2.04. The Morgan fingerprint density at radius 1 is 1.54 bits per heavy atom. The highest BCUT2D eigenvalue weighted by molar-refractivity contribution is 9.11. The Morgan fingerprint density at radius 3 is 2.77 bits per heavy atom. The maximum absolute atomic E-state index is 8.71. The third kappa shape index (κ3) is 3.02. The number of aromatic nitrogens is 1. The Bertz CT molecular complexity index is 293. The predicted molar refractivity (Wildman–Crippen MR) is 58.3 cm³/mol. The molecule has 1 aromatic rings. The molecule has 0 unspecified atom stereocenters. The van der Waals surface area contributed by atoms with Crippen LogP contribution >= 0.6 is 31.9 Å². The zero-order valence-electron chi connectivity index (χ0n) is 6.87. The zero-order valence-corrected chi connectivity index (χ0v) is 10.0. The molecular weight excluding hydrogens is 300 g/mol. The van der Waals surface area contributed by atoms with Crippen LogP contribution < -0.4 is 5.73 Å². The van der Waals surface area contributed by atoms with Crippen LogP contribution in [0.2, 0.25) is 0 Å². The van der Waals surface area contributed by atoms with Crippen LogP contribution in [0.1, 0.15) is 18.2 Å². The molecule has 5 heteroatoms. The number of aliphatic hydroxyl groups excluding tert-OH is 1. The van der Waals surface area contributed by atoms with E-state index in [9.17, 15) is 0 Å². The topological polar surface area (TPSA) is 59.1 Å². The Labute approximate surface area is 93.6 Å². The summed E-state index contributed by atoms with van der Waals surface area (Å²) in [5, 5.41) is 8.71. The number of hydrogen-bond acceptors (Lipinski definition) is 3. The fraction of sp³-hybridized carbons (Fsp3) is 0.375. The van der Waals surface area contributed by atoms with E-state index in [-0.39, 0.29) is 12.6 Å². The molecule has 0 aliphatic heterocycles. The second-order valence-electron chi connectivity index (χ2n) is 2.64. The number of halogens is 2. The number of hydrogen-bond donors (Lipinski definition) is 2. The van der Waals surface area contributed by atoms with E-state index in [1.54, 1.807) is 6.20 Å². The van der Waals surface area contributed by atoms with Crippen LogP contribution in [-0.4, -0.2) is 16.7 Å². The summed E-state index contributed by atoms with van der Waals surface area (Å²) in [5.74, 6) is 0. The summed E-state index contributed by atoms with van der Waals surface area (Å²) in [6.07, 6.45) is 2.21. The van der Waals surface area contributed by atoms with Gasteiger partial charge in [0, 0.05) is 21.7 Å². The standard InChI is InChI=1S/C8H10Br2N2O/c9-5-3-6(10)8(12-4-5)7(11)1-2-13/h3-4,7,13H,1-2,11H2/t7-/m1/s1. The molecule has 1 aromatic heterocycles. The summed E-state index contributed by atoms with van der Waals surface area (Å²) in [4.78, 5) is 4.17. The number of nitrogens with two attached hydrogens (primary N) is 1. The number of pyridine rings is 1. The van der Waals surface area contributed by atoms with Crippen molar-refractivity contribution >= 4 is 31.9 Å². The van der Waals surface area contributed by atoms with Crippen LogP contribution in [0.25, 0.3) is 0 Å². The van der Waals surface area contributed by atoms with E-state index in [0.29, 0.717) is 6.42 Å². The first kappa shape index (κ1) is 11.1. The molecule has 0 radical (unpaired) electrons. The Balaban J connectivity index is 2.88. The predicted octanol–water partition coefficient (Wildman–Crippen LogP) is 1.99. The van der Waals surface area contributed by atoms with Gasteiger partial charge in [0.1, 0.15) is 0 Å². The molecule has 0 fully saturated rings. The van der Waals surface area contributed by atoms with E-state index < -0.39 is 0 Å². The highest BCUT2D eigenvalue weighted by Crippen LogP contribution is 2.24. The lowest BCUT2D eigenvalue weighted by Crippen LogP contribution is -2.14. The molecule has 72 valence electrons. The van der Waals surface area contributed by atoms with Gasteiger partial charge in [-0.25, -0.2) is 0 Å². The molecule has 0 saturated heterocycles. The largest absolute Gasteiger partial charge is 0.396 e. The minimum atomic E-state index is -0.215. The maximum Gasteiger partial charge on any atom is 0.0714 e. The molecule has 0 amide bonds. The summed E-state index contributed by atoms with van der Waals surface area (Å²) in [7, 11) is 0. The molecule has 0 bridgehead atoms. The van der Waals surface area contributed by atoms with E-state index in [1.165, 1.54) is 0 Å². The third-order valence-corrected chi connectivity index (χ3v) is 2.70. The van der Waals surface area contributed by atoms with Gasteiger partial charge in [-0.3, -0.25) is 4.98 Å². The second-order valence-corrected chi connectivity index (χ2v) is 4.41. The highest BCUT2D eigenvalue weighted by Gasteiger charge is 2.10. The second kappa shape index (κ2) is 5.05. The van der Waals surface area contributed by atoms with Gasteiger partial charge < -0.3 is 10.8 Å². The Morgan fingerprint density at radius 2 is 2.23 bits per heavy atom. The smallest absolute Gasteiger partial charge is 0.0714 e. The first-order valence-electron chi connectivity index (χ1n) is 3.82. The van der Waals surface area contributed by atoms with Gasteiger partial charge in [0.25, 0.3) is 0 Å². The van der Waals surface area contributed by atoms with Crippen molar-refractivity contribution in [1.29, 1.82) is 0 Å². The number of rotatable bonds is 3. The third-order valence-electron chi connectivity index (χ3n) is 1.63. The van der Waals surface area contributed by atoms with E-state index in [1.807, 2.05) is 6.07 Å². The molecule has 3 N–H and O–H groups in total. The molecule has 0 spiro atoms. The Hall–Kier alpha value is 0.0300. The minimum Gasteiger partial charge on any atom is -0.396 e. The van der Waals surface area contributed by atoms with Crippen molar-refractivity contribution in [3.63, 3.8) is 0 Å². The van der Waals surface area contributed by atoms with Gasteiger partial charge in [0.05, 0.1) is 11.7 Å². The van der Waals surface area contributed by atoms with Crippen LogP contribution in [0.15, 0.2) is 21.2 Å². The molecule has 3 nitrogen and oxygen atoms in total. The number of nitrogens with zero attached hydrogens (tertiary/aromatic N) is 1. The van der Waals surface area contributed by atoms with Crippen molar-refractivity contribution in [2.45, 2.75) is 12.5 Å². The lowest BCUT2D eigenvalue weighted by atomic mass is 10.1. The van der Waals surface area contributed by atoms with Crippen molar-refractivity contribution in [3.8, 4) is 0 Å². The lowest BCUT2D eigenvalue weighted by molar-refractivity contribution is 0.275. The minimum absolute atomic E-state index is 0.0748. The molecule has 0 aliphatic carbocycles. The van der Waals surface area contributed by atoms with Crippen molar-refractivity contribution in [1.82, 2.24) is 4.98 Å². The first-order valence-corrected chi connectivity index (χ1v) is 5.41. The van der Waals surface area contributed by atoms with Crippen LogP contribution in [0, 0.1) is 0 Å². The fourth-order valence-electron chi connectivity index (χ4n) is 0.974. The SMILES string of the molecule is N[C@H](CCO)c1ncc(Br)cc1Br. The van der Waals surface area contributed by atoms with E-state index in [4.69, 9.17) is 10.8 Å². The molecule has 1 atom stereocenters. The number of aliphatic hydroxyl groups is 1. The van der Waals surface area contributed by atoms with Gasteiger partial charge in [0.15, 0.2) is 0 Å². The van der Waals surface area contributed by atoms with Crippen molar-refractivity contribution in [2.24, 2.45) is 5.73 Å². The van der Waals surface area contributed by atoms with Gasteiger partial charge in [0.2, 0.25) is 0 Å². The molecule has 13 heavy (non-hydrogen) atoms. The molecule has 1 rings (SSSR count). The summed E-state index contributed by atoms with van der Waals surface area (Å²) >= 11 is 6.67. The van der Waals surface area contributed by atoms with Gasteiger partial charge in [-0.15, -0.1) is 0 Å². The van der Waals surface area contributed by atoms with Crippen molar-refractivity contribution in [2.75, 3.05) is 6.61 Å². The average molecular weight is 310 g/mol. The zero-order chi connectivity index (χ0) is 9.84. The maximum atomic E-state index is 8.71. The van der Waals surface area contributed by atoms with Gasteiger partial charge in [-0.2, -0.15) is 0 Å². The van der Waals surface area contributed by atoms with Crippen LogP contribution in [0.5, 0.6) is 0 Å².